The SMILES string of the molecule is CC(C)CC(NC(=O)C(Cc1ccccc1)NC(=O)CNCC1(c2ccccc2)CC1)C(=O)OCc1ccccc1. The van der Waals surface area contributed by atoms with Crippen LogP contribution in [0.15, 0.2) is 91.0 Å². The van der Waals surface area contributed by atoms with E-state index in [0.717, 1.165) is 24.0 Å². The predicted molar refractivity (Wildman–Crippen MR) is 160 cm³/mol. The third kappa shape index (κ3) is 9.29. The molecular weight excluding hydrogens is 514 g/mol. The van der Waals surface area contributed by atoms with Crippen molar-refractivity contribution in [1.29, 1.82) is 0 Å². The molecule has 0 bridgehead atoms. The van der Waals surface area contributed by atoms with Gasteiger partial charge in [-0.3, -0.25) is 9.59 Å². The average molecular weight is 556 g/mol. The van der Waals surface area contributed by atoms with Gasteiger partial charge in [0.2, 0.25) is 11.8 Å². The molecule has 1 saturated carbocycles. The molecule has 4 rings (SSSR count). The van der Waals surface area contributed by atoms with Crippen LogP contribution in [-0.4, -0.2) is 43.0 Å². The Labute approximate surface area is 243 Å². The van der Waals surface area contributed by atoms with Gasteiger partial charge in [0, 0.05) is 18.4 Å². The van der Waals surface area contributed by atoms with Gasteiger partial charge in [0.05, 0.1) is 6.54 Å². The molecule has 3 aromatic rings. The normalized spacial score (nSPS) is 15.0. The van der Waals surface area contributed by atoms with E-state index in [-0.39, 0.29) is 30.4 Å². The molecule has 2 atom stereocenters. The monoisotopic (exact) mass is 555 g/mol. The predicted octanol–water partition coefficient (Wildman–Crippen LogP) is 4.31. The molecule has 1 aliphatic rings. The van der Waals surface area contributed by atoms with Gasteiger partial charge in [-0.15, -0.1) is 0 Å². The van der Waals surface area contributed by atoms with E-state index in [2.05, 4.69) is 28.1 Å². The maximum Gasteiger partial charge on any atom is 0.328 e. The summed E-state index contributed by atoms with van der Waals surface area (Å²) >= 11 is 0. The third-order valence-corrected chi connectivity index (χ3v) is 7.46. The van der Waals surface area contributed by atoms with Gasteiger partial charge in [0.15, 0.2) is 0 Å². The van der Waals surface area contributed by atoms with Crippen LogP contribution in [0.1, 0.15) is 49.8 Å². The van der Waals surface area contributed by atoms with Gasteiger partial charge < -0.3 is 20.7 Å². The zero-order valence-corrected chi connectivity index (χ0v) is 24.0. The summed E-state index contributed by atoms with van der Waals surface area (Å²) in [6.45, 7) is 4.90. The van der Waals surface area contributed by atoms with Crippen LogP contribution in [0.3, 0.4) is 0 Å². The van der Waals surface area contributed by atoms with Crippen molar-refractivity contribution >= 4 is 17.8 Å². The Bertz CT molecular complexity index is 1260. The van der Waals surface area contributed by atoms with Crippen molar-refractivity contribution in [3.63, 3.8) is 0 Å². The van der Waals surface area contributed by atoms with Gasteiger partial charge in [0.1, 0.15) is 18.7 Å². The number of carbonyl (C=O) groups excluding carboxylic acids is 3. The molecule has 7 heteroatoms. The molecule has 0 heterocycles. The second-order valence-corrected chi connectivity index (χ2v) is 11.3. The van der Waals surface area contributed by atoms with Crippen molar-refractivity contribution < 1.29 is 19.1 Å². The number of hydrogen-bond acceptors (Lipinski definition) is 5. The Morgan fingerprint density at radius 1 is 0.780 bits per heavy atom. The topological polar surface area (TPSA) is 96.5 Å². The van der Waals surface area contributed by atoms with E-state index < -0.39 is 24.0 Å². The molecule has 216 valence electrons. The number of amides is 2. The zero-order chi connectivity index (χ0) is 29.1. The van der Waals surface area contributed by atoms with Crippen molar-refractivity contribution in [3.8, 4) is 0 Å². The summed E-state index contributed by atoms with van der Waals surface area (Å²) in [5.74, 6) is -1.02. The summed E-state index contributed by atoms with van der Waals surface area (Å²) < 4.78 is 5.55. The minimum atomic E-state index is -0.840. The lowest BCUT2D eigenvalue weighted by Crippen LogP contribution is -2.54. The lowest BCUT2D eigenvalue weighted by molar-refractivity contribution is -0.149. The second-order valence-electron chi connectivity index (χ2n) is 11.3. The number of carbonyl (C=O) groups is 3. The van der Waals surface area contributed by atoms with Crippen LogP contribution < -0.4 is 16.0 Å². The Morgan fingerprint density at radius 3 is 1.95 bits per heavy atom. The van der Waals surface area contributed by atoms with Crippen LogP contribution in [0.25, 0.3) is 0 Å². The molecule has 0 saturated heterocycles. The number of rotatable bonds is 15. The smallest absolute Gasteiger partial charge is 0.328 e. The fourth-order valence-corrected chi connectivity index (χ4v) is 5.02. The van der Waals surface area contributed by atoms with E-state index in [9.17, 15) is 14.4 Å². The maximum absolute atomic E-state index is 13.5. The van der Waals surface area contributed by atoms with Crippen LogP contribution in [0.5, 0.6) is 0 Å². The maximum atomic E-state index is 13.5. The fourth-order valence-electron chi connectivity index (χ4n) is 5.02. The molecule has 41 heavy (non-hydrogen) atoms. The van der Waals surface area contributed by atoms with Crippen LogP contribution in [0, 0.1) is 5.92 Å². The van der Waals surface area contributed by atoms with Crippen molar-refractivity contribution in [2.45, 2.75) is 63.6 Å². The molecule has 1 fully saturated rings. The van der Waals surface area contributed by atoms with E-state index in [0.29, 0.717) is 19.4 Å². The van der Waals surface area contributed by atoms with Crippen LogP contribution >= 0.6 is 0 Å². The van der Waals surface area contributed by atoms with Crippen molar-refractivity contribution in [3.05, 3.63) is 108 Å². The van der Waals surface area contributed by atoms with Gasteiger partial charge in [-0.25, -0.2) is 4.79 Å². The number of esters is 1. The number of nitrogens with one attached hydrogen (secondary N) is 3. The van der Waals surface area contributed by atoms with E-state index in [1.807, 2.05) is 92.7 Å². The molecular formula is C34H41N3O4. The highest BCUT2D eigenvalue weighted by Crippen LogP contribution is 2.47. The van der Waals surface area contributed by atoms with Crippen LogP contribution in [-0.2, 0) is 37.6 Å². The highest BCUT2D eigenvalue weighted by atomic mass is 16.5. The van der Waals surface area contributed by atoms with Crippen LogP contribution in [0.4, 0.5) is 0 Å². The molecule has 1 aliphatic carbocycles. The summed E-state index contributed by atoms with van der Waals surface area (Å²) in [6.07, 6.45) is 2.90. The van der Waals surface area contributed by atoms with Gasteiger partial charge >= 0.3 is 5.97 Å². The van der Waals surface area contributed by atoms with Gasteiger partial charge in [-0.1, -0.05) is 105 Å². The fraction of sp³-hybridized carbons (Fsp3) is 0.382. The zero-order valence-electron chi connectivity index (χ0n) is 24.0. The van der Waals surface area contributed by atoms with Crippen molar-refractivity contribution in [1.82, 2.24) is 16.0 Å². The van der Waals surface area contributed by atoms with E-state index in [1.165, 1.54) is 5.56 Å². The second kappa shape index (κ2) is 14.6. The molecule has 3 aromatic carbocycles. The van der Waals surface area contributed by atoms with Gasteiger partial charge in [-0.05, 0) is 41.9 Å². The first-order valence-corrected chi connectivity index (χ1v) is 14.4. The Kier molecular flexibility index (Phi) is 10.7. The first-order chi connectivity index (χ1) is 19.8. The lowest BCUT2D eigenvalue weighted by Gasteiger charge is -2.24. The summed E-state index contributed by atoms with van der Waals surface area (Å²) in [6, 6.07) is 27.7. The molecule has 7 nitrogen and oxygen atoms in total. The summed E-state index contributed by atoms with van der Waals surface area (Å²) in [7, 11) is 0. The largest absolute Gasteiger partial charge is 0.459 e. The summed E-state index contributed by atoms with van der Waals surface area (Å²) in [5, 5.41) is 9.07. The first kappa shape index (κ1) is 30.0. The highest BCUT2D eigenvalue weighted by molar-refractivity contribution is 5.91. The van der Waals surface area contributed by atoms with Gasteiger partial charge in [0.25, 0.3) is 0 Å². The van der Waals surface area contributed by atoms with Crippen molar-refractivity contribution in [2.24, 2.45) is 5.92 Å². The highest BCUT2D eigenvalue weighted by Gasteiger charge is 2.43. The van der Waals surface area contributed by atoms with Gasteiger partial charge in [-0.2, -0.15) is 0 Å². The molecule has 2 unspecified atom stereocenters. The number of ether oxygens (including phenoxy) is 1. The minimum absolute atomic E-state index is 0.0759. The minimum Gasteiger partial charge on any atom is -0.459 e. The molecule has 3 N–H and O–H groups in total. The van der Waals surface area contributed by atoms with Crippen LogP contribution in [0.2, 0.25) is 0 Å². The number of hydrogen-bond donors (Lipinski definition) is 3. The summed E-state index contributed by atoms with van der Waals surface area (Å²) in [5.41, 5.74) is 3.14. The average Bonchev–Trinajstić information content (AvgIpc) is 3.77. The third-order valence-electron chi connectivity index (χ3n) is 7.46. The molecule has 0 aliphatic heterocycles. The Balaban J connectivity index is 1.37. The standard InChI is InChI=1S/C34H41N3O4/c1-25(2)20-30(33(40)41-23-27-14-8-4-9-15-27)37-32(39)29(21-26-12-6-3-7-13-26)36-31(38)22-35-24-34(18-19-34)28-16-10-5-11-17-28/h3-17,25,29-30,35H,18-24H2,1-2H3,(H,36,38)(H,37,39). The molecule has 0 radical (unpaired) electrons. The van der Waals surface area contributed by atoms with E-state index >= 15 is 0 Å². The lowest BCUT2D eigenvalue weighted by atomic mass is 9.96. The Morgan fingerprint density at radius 2 is 1.37 bits per heavy atom. The van der Waals surface area contributed by atoms with E-state index in [1.54, 1.807) is 0 Å². The molecule has 0 spiro atoms. The number of benzene rings is 3. The first-order valence-electron chi connectivity index (χ1n) is 14.4. The Hall–Kier alpha value is -3.97. The van der Waals surface area contributed by atoms with Crippen molar-refractivity contribution in [2.75, 3.05) is 13.1 Å². The molecule has 0 aromatic heterocycles. The van der Waals surface area contributed by atoms with E-state index in [4.69, 9.17) is 4.74 Å². The summed E-state index contributed by atoms with van der Waals surface area (Å²) in [4.78, 5) is 39.5. The molecule has 2 amide bonds. The quantitative estimate of drug-likeness (QED) is 0.243.